The van der Waals surface area contributed by atoms with Gasteiger partial charge in [-0.3, -0.25) is 0 Å². The average molecular weight is 358 g/mol. The Morgan fingerprint density at radius 1 is 1.07 bits per heavy atom. The molecule has 1 aliphatic carbocycles. The highest BCUT2D eigenvalue weighted by molar-refractivity contribution is 5.96. The summed E-state index contributed by atoms with van der Waals surface area (Å²) < 4.78 is 0. The first-order valence-electron chi connectivity index (χ1n) is 9.65. The summed E-state index contributed by atoms with van der Waals surface area (Å²) in [6, 6.07) is 6.20. The van der Waals surface area contributed by atoms with E-state index in [9.17, 15) is 0 Å². The molecule has 0 amide bonds. The molecule has 0 atom stereocenters. The second kappa shape index (κ2) is 6.95. The van der Waals surface area contributed by atoms with Gasteiger partial charge in [-0.15, -0.1) is 0 Å². The SMILES string of the molecule is c1ncc2cc(-c3c[nH]c4nc(NCC5CCCCC5)ncc34)ccc2n1. The van der Waals surface area contributed by atoms with Crippen molar-refractivity contribution in [2.75, 3.05) is 11.9 Å². The number of hydrogen-bond donors (Lipinski definition) is 2. The molecule has 6 nitrogen and oxygen atoms in total. The van der Waals surface area contributed by atoms with Crippen LogP contribution in [0.1, 0.15) is 32.1 Å². The molecule has 6 heteroatoms. The van der Waals surface area contributed by atoms with E-state index in [0.29, 0.717) is 5.95 Å². The van der Waals surface area contributed by atoms with E-state index < -0.39 is 0 Å². The van der Waals surface area contributed by atoms with Crippen molar-refractivity contribution in [3.8, 4) is 11.1 Å². The van der Waals surface area contributed by atoms with E-state index in [1.165, 1.54) is 32.1 Å². The first-order chi connectivity index (χ1) is 13.4. The second-order valence-electron chi connectivity index (χ2n) is 7.34. The minimum absolute atomic E-state index is 0.702. The number of anilines is 1. The Bertz CT molecular complexity index is 1080. The highest BCUT2D eigenvalue weighted by Gasteiger charge is 2.14. The molecule has 27 heavy (non-hydrogen) atoms. The van der Waals surface area contributed by atoms with Gasteiger partial charge in [-0.1, -0.05) is 25.3 Å². The van der Waals surface area contributed by atoms with E-state index in [4.69, 9.17) is 0 Å². The summed E-state index contributed by atoms with van der Waals surface area (Å²) in [5, 5.41) is 5.47. The number of rotatable bonds is 4. The standard InChI is InChI=1S/C21H22N6/c1-2-4-14(5-3-1)9-24-21-25-12-18-17(11-23-20(18)27-21)15-6-7-19-16(8-15)10-22-13-26-19/h6-8,10-14H,1-5,9H2,(H2,23,24,25,27). The molecule has 3 heterocycles. The fraction of sp³-hybridized carbons (Fsp3) is 0.333. The first kappa shape index (κ1) is 16.2. The molecular weight excluding hydrogens is 336 g/mol. The van der Waals surface area contributed by atoms with Gasteiger partial charge in [-0.05, 0) is 36.5 Å². The Labute approximate surface area is 157 Å². The van der Waals surface area contributed by atoms with Crippen molar-refractivity contribution < 1.29 is 0 Å². The van der Waals surface area contributed by atoms with Crippen molar-refractivity contribution in [1.29, 1.82) is 0 Å². The third-order valence-corrected chi connectivity index (χ3v) is 5.52. The Morgan fingerprint density at radius 3 is 2.93 bits per heavy atom. The maximum atomic E-state index is 4.67. The van der Waals surface area contributed by atoms with Crippen LogP contribution >= 0.6 is 0 Å². The van der Waals surface area contributed by atoms with Gasteiger partial charge in [0.05, 0.1) is 5.52 Å². The topological polar surface area (TPSA) is 79.4 Å². The molecule has 0 saturated heterocycles. The van der Waals surface area contributed by atoms with Gasteiger partial charge in [-0.25, -0.2) is 15.0 Å². The quantitative estimate of drug-likeness (QED) is 0.559. The Hall–Kier alpha value is -3.02. The summed E-state index contributed by atoms with van der Waals surface area (Å²) in [6.07, 6.45) is 14.0. The summed E-state index contributed by atoms with van der Waals surface area (Å²) in [5.41, 5.74) is 4.00. The van der Waals surface area contributed by atoms with Crippen LogP contribution in [0, 0.1) is 5.92 Å². The van der Waals surface area contributed by atoms with Crippen molar-refractivity contribution in [2.45, 2.75) is 32.1 Å². The van der Waals surface area contributed by atoms with E-state index in [0.717, 1.165) is 45.5 Å². The van der Waals surface area contributed by atoms with Crippen molar-refractivity contribution in [1.82, 2.24) is 24.9 Å². The fourth-order valence-electron chi connectivity index (χ4n) is 4.01. The summed E-state index contributed by atoms with van der Waals surface area (Å²) in [6.45, 7) is 0.962. The van der Waals surface area contributed by atoms with E-state index in [-0.39, 0.29) is 0 Å². The number of nitrogens with one attached hydrogen (secondary N) is 2. The highest BCUT2D eigenvalue weighted by Crippen LogP contribution is 2.30. The third-order valence-electron chi connectivity index (χ3n) is 5.52. The van der Waals surface area contributed by atoms with Crippen LogP contribution in [-0.4, -0.2) is 31.5 Å². The van der Waals surface area contributed by atoms with Crippen LogP contribution in [0.4, 0.5) is 5.95 Å². The van der Waals surface area contributed by atoms with Gasteiger partial charge >= 0.3 is 0 Å². The Kier molecular flexibility index (Phi) is 4.16. The molecule has 3 aromatic heterocycles. The number of nitrogens with zero attached hydrogens (tertiary/aromatic N) is 4. The van der Waals surface area contributed by atoms with Crippen molar-refractivity contribution in [3.05, 3.63) is 43.1 Å². The third kappa shape index (κ3) is 3.23. The van der Waals surface area contributed by atoms with Gasteiger partial charge in [0.1, 0.15) is 12.0 Å². The monoisotopic (exact) mass is 358 g/mol. The van der Waals surface area contributed by atoms with E-state index in [1.54, 1.807) is 6.33 Å². The number of hydrogen-bond acceptors (Lipinski definition) is 5. The Morgan fingerprint density at radius 2 is 2.00 bits per heavy atom. The van der Waals surface area contributed by atoms with Gasteiger partial charge in [0.25, 0.3) is 0 Å². The maximum Gasteiger partial charge on any atom is 0.224 e. The molecular formula is C21H22N6. The molecule has 136 valence electrons. The normalized spacial score (nSPS) is 15.4. The number of benzene rings is 1. The van der Waals surface area contributed by atoms with Crippen LogP contribution < -0.4 is 5.32 Å². The predicted octanol–water partition coefficient (Wildman–Crippen LogP) is 4.56. The molecule has 0 bridgehead atoms. The van der Waals surface area contributed by atoms with Gasteiger partial charge < -0.3 is 10.3 Å². The lowest BCUT2D eigenvalue weighted by Crippen LogP contribution is -2.18. The lowest BCUT2D eigenvalue weighted by Gasteiger charge is -2.21. The van der Waals surface area contributed by atoms with Gasteiger partial charge in [0.15, 0.2) is 0 Å². The number of H-pyrrole nitrogens is 1. The average Bonchev–Trinajstić information content (AvgIpc) is 3.16. The fourth-order valence-corrected chi connectivity index (χ4v) is 4.01. The van der Waals surface area contributed by atoms with Gasteiger partial charge in [0.2, 0.25) is 5.95 Å². The molecule has 0 spiro atoms. The molecule has 1 aliphatic rings. The van der Waals surface area contributed by atoms with Crippen molar-refractivity contribution in [3.63, 3.8) is 0 Å². The van der Waals surface area contributed by atoms with Crippen molar-refractivity contribution >= 4 is 27.9 Å². The summed E-state index contributed by atoms with van der Waals surface area (Å²) in [4.78, 5) is 20.9. The highest BCUT2D eigenvalue weighted by atomic mass is 15.1. The van der Waals surface area contributed by atoms with E-state index >= 15 is 0 Å². The zero-order valence-electron chi connectivity index (χ0n) is 15.2. The molecule has 1 aromatic carbocycles. The molecule has 1 saturated carbocycles. The molecule has 0 unspecified atom stereocenters. The number of aromatic nitrogens is 5. The lowest BCUT2D eigenvalue weighted by molar-refractivity contribution is 0.373. The summed E-state index contributed by atoms with van der Waals surface area (Å²) >= 11 is 0. The molecule has 5 rings (SSSR count). The van der Waals surface area contributed by atoms with Crippen LogP contribution in [0.15, 0.2) is 43.1 Å². The minimum atomic E-state index is 0.702. The largest absolute Gasteiger partial charge is 0.354 e. The van der Waals surface area contributed by atoms with Crippen LogP contribution in [0.5, 0.6) is 0 Å². The zero-order valence-corrected chi connectivity index (χ0v) is 15.2. The van der Waals surface area contributed by atoms with Crippen LogP contribution in [-0.2, 0) is 0 Å². The lowest BCUT2D eigenvalue weighted by atomic mass is 9.89. The van der Waals surface area contributed by atoms with Gasteiger partial charge in [-0.2, -0.15) is 4.98 Å². The smallest absolute Gasteiger partial charge is 0.224 e. The summed E-state index contributed by atoms with van der Waals surface area (Å²) in [7, 11) is 0. The second-order valence-corrected chi connectivity index (χ2v) is 7.34. The van der Waals surface area contributed by atoms with Crippen LogP contribution in [0.25, 0.3) is 33.1 Å². The zero-order chi connectivity index (χ0) is 18.1. The molecule has 4 aromatic rings. The summed E-state index contributed by atoms with van der Waals surface area (Å²) in [5.74, 6) is 1.45. The molecule has 0 radical (unpaired) electrons. The predicted molar refractivity (Wildman–Crippen MR) is 107 cm³/mol. The van der Waals surface area contributed by atoms with Crippen molar-refractivity contribution in [2.24, 2.45) is 5.92 Å². The number of aromatic amines is 1. The van der Waals surface area contributed by atoms with E-state index in [2.05, 4.69) is 42.4 Å². The Balaban J connectivity index is 1.40. The van der Waals surface area contributed by atoms with E-state index in [1.807, 2.05) is 24.7 Å². The van der Waals surface area contributed by atoms with Gasteiger partial charge in [0, 0.05) is 41.5 Å². The molecule has 0 aliphatic heterocycles. The molecule has 2 N–H and O–H groups in total. The maximum absolute atomic E-state index is 4.67. The minimum Gasteiger partial charge on any atom is -0.354 e. The number of fused-ring (bicyclic) bond motifs is 2. The van der Waals surface area contributed by atoms with Crippen LogP contribution in [0.2, 0.25) is 0 Å². The molecule has 1 fully saturated rings. The first-order valence-corrected chi connectivity index (χ1v) is 9.65. The van der Waals surface area contributed by atoms with Crippen LogP contribution in [0.3, 0.4) is 0 Å².